The van der Waals surface area contributed by atoms with Crippen molar-refractivity contribution in [3.05, 3.63) is 72.5 Å². The molecular formula is C20H19FN2O4S2. The van der Waals surface area contributed by atoms with Crippen LogP contribution in [0.5, 0.6) is 0 Å². The summed E-state index contributed by atoms with van der Waals surface area (Å²) in [6.45, 7) is 0.171. The average Bonchev–Trinajstić information content (AvgIpc) is 2.74. The van der Waals surface area contributed by atoms with E-state index >= 15 is 0 Å². The van der Waals surface area contributed by atoms with Gasteiger partial charge in [0.2, 0.25) is 20.0 Å². The second-order valence-electron chi connectivity index (χ2n) is 6.77. The van der Waals surface area contributed by atoms with E-state index in [-0.39, 0.29) is 36.0 Å². The van der Waals surface area contributed by atoms with Crippen molar-refractivity contribution in [2.75, 3.05) is 26.2 Å². The molecule has 3 aromatic rings. The molecule has 1 fully saturated rings. The number of piperazine rings is 1. The summed E-state index contributed by atoms with van der Waals surface area (Å²) < 4.78 is 67.0. The summed E-state index contributed by atoms with van der Waals surface area (Å²) in [5, 5.41) is 1.77. The van der Waals surface area contributed by atoms with E-state index in [4.69, 9.17) is 0 Å². The van der Waals surface area contributed by atoms with Gasteiger partial charge in [-0.3, -0.25) is 0 Å². The van der Waals surface area contributed by atoms with E-state index < -0.39 is 25.9 Å². The minimum absolute atomic E-state index is 0.00950. The van der Waals surface area contributed by atoms with Crippen LogP contribution in [0, 0.1) is 5.82 Å². The van der Waals surface area contributed by atoms with Crippen molar-refractivity contribution >= 4 is 30.8 Å². The maximum atomic E-state index is 13.1. The Hall–Kier alpha value is -2.33. The predicted molar refractivity (Wildman–Crippen MR) is 108 cm³/mol. The van der Waals surface area contributed by atoms with Crippen LogP contribution in [0.4, 0.5) is 4.39 Å². The molecule has 3 aromatic carbocycles. The Balaban J connectivity index is 1.53. The summed E-state index contributed by atoms with van der Waals surface area (Å²) in [7, 11) is -7.53. The molecule has 152 valence electrons. The molecular weight excluding hydrogens is 415 g/mol. The number of fused-ring (bicyclic) bond motifs is 1. The molecule has 1 saturated heterocycles. The molecule has 6 nitrogen and oxygen atoms in total. The molecule has 0 atom stereocenters. The lowest BCUT2D eigenvalue weighted by Crippen LogP contribution is -2.50. The molecule has 0 amide bonds. The zero-order valence-corrected chi connectivity index (χ0v) is 17.0. The van der Waals surface area contributed by atoms with Gasteiger partial charge in [0.25, 0.3) is 0 Å². The smallest absolute Gasteiger partial charge is 0.207 e. The fraction of sp³-hybridized carbons (Fsp3) is 0.200. The van der Waals surface area contributed by atoms with E-state index in [1.54, 1.807) is 18.2 Å². The molecule has 0 bridgehead atoms. The van der Waals surface area contributed by atoms with Gasteiger partial charge in [0.1, 0.15) is 5.82 Å². The van der Waals surface area contributed by atoms with E-state index in [1.165, 1.54) is 20.7 Å². The van der Waals surface area contributed by atoms with Crippen LogP contribution < -0.4 is 0 Å². The molecule has 1 aliphatic heterocycles. The van der Waals surface area contributed by atoms with Gasteiger partial charge in [0, 0.05) is 26.2 Å². The van der Waals surface area contributed by atoms with Gasteiger partial charge in [-0.25, -0.2) is 21.2 Å². The molecule has 0 aliphatic carbocycles. The highest BCUT2D eigenvalue weighted by molar-refractivity contribution is 7.89. The lowest BCUT2D eigenvalue weighted by molar-refractivity contribution is 0.273. The van der Waals surface area contributed by atoms with Crippen LogP contribution in [-0.4, -0.2) is 51.6 Å². The van der Waals surface area contributed by atoms with Gasteiger partial charge < -0.3 is 0 Å². The first kappa shape index (κ1) is 20.0. The van der Waals surface area contributed by atoms with Crippen molar-refractivity contribution < 1.29 is 21.2 Å². The zero-order chi connectivity index (χ0) is 20.6. The first-order chi connectivity index (χ1) is 13.8. The molecule has 0 N–H and O–H groups in total. The summed E-state index contributed by atoms with van der Waals surface area (Å²) in [6, 6.07) is 17.1. The van der Waals surface area contributed by atoms with E-state index in [0.717, 1.165) is 22.9 Å². The van der Waals surface area contributed by atoms with E-state index in [0.29, 0.717) is 0 Å². The Morgan fingerprint density at radius 3 is 1.69 bits per heavy atom. The summed E-state index contributed by atoms with van der Waals surface area (Å²) in [5.41, 5.74) is 0. The standard InChI is InChI=1S/C20H19FN2O4S2/c21-18-6-9-19(10-7-18)28(24,25)22-11-13-23(14-12-22)29(26,27)20-8-5-16-3-1-2-4-17(16)15-20/h1-10,15H,11-14H2. The molecule has 0 unspecified atom stereocenters. The van der Waals surface area contributed by atoms with Crippen LogP contribution in [0.2, 0.25) is 0 Å². The third kappa shape index (κ3) is 3.78. The maximum absolute atomic E-state index is 13.1. The monoisotopic (exact) mass is 434 g/mol. The zero-order valence-electron chi connectivity index (χ0n) is 15.4. The second-order valence-corrected chi connectivity index (χ2v) is 10.6. The van der Waals surface area contributed by atoms with Gasteiger partial charge >= 0.3 is 0 Å². The first-order valence-electron chi connectivity index (χ1n) is 9.03. The SMILES string of the molecule is O=S(=O)(c1ccc(F)cc1)N1CCN(S(=O)(=O)c2ccc3ccccc3c2)CC1. The normalized spacial score (nSPS) is 16.9. The Kier molecular flexibility index (Phi) is 5.16. The number of benzene rings is 3. The van der Waals surface area contributed by atoms with Gasteiger partial charge in [0.15, 0.2) is 0 Å². The fourth-order valence-electron chi connectivity index (χ4n) is 3.38. The molecule has 4 rings (SSSR count). The van der Waals surface area contributed by atoms with Crippen molar-refractivity contribution in [2.24, 2.45) is 0 Å². The quantitative estimate of drug-likeness (QED) is 0.633. The Morgan fingerprint density at radius 2 is 1.10 bits per heavy atom. The fourth-order valence-corrected chi connectivity index (χ4v) is 6.26. The topological polar surface area (TPSA) is 74.8 Å². The van der Waals surface area contributed by atoms with Crippen molar-refractivity contribution in [3.63, 3.8) is 0 Å². The van der Waals surface area contributed by atoms with Gasteiger partial charge in [0.05, 0.1) is 9.79 Å². The van der Waals surface area contributed by atoms with Gasteiger partial charge in [-0.05, 0) is 47.2 Å². The minimum Gasteiger partial charge on any atom is -0.207 e. The van der Waals surface area contributed by atoms with Crippen LogP contribution in [0.1, 0.15) is 0 Å². The van der Waals surface area contributed by atoms with Crippen LogP contribution in [0.3, 0.4) is 0 Å². The van der Waals surface area contributed by atoms with Gasteiger partial charge in [-0.2, -0.15) is 8.61 Å². The Morgan fingerprint density at radius 1 is 0.621 bits per heavy atom. The summed E-state index contributed by atoms with van der Waals surface area (Å²) in [5.74, 6) is -0.518. The van der Waals surface area contributed by atoms with Crippen LogP contribution in [0.15, 0.2) is 76.5 Å². The van der Waals surface area contributed by atoms with E-state index in [1.807, 2.05) is 24.3 Å². The second kappa shape index (κ2) is 7.49. The first-order valence-corrected chi connectivity index (χ1v) is 11.9. The van der Waals surface area contributed by atoms with Crippen LogP contribution >= 0.6 is 0 Å². The highest BCUT2D eigenvalue weighted by atomic mass is 32.2. The maximum Gasteiger partial charge on any atom is 0.243 e. The number of hydrogen-bond donors (Lipinski definition) is 0. The van der Waals surface area contributed by atoms with Gasteiger partial charge in [-0.15, -0.1) is 0 Å². The molecule has 1 heterocycles. The summed E-state index contributed by atoms with van der Waals surface area (Å²) in [6.07, 6.45) is 0. The van der Waals surface area contributed by atoms with Crippen LogP contribution in [0.25, 0.3) is 10.8 Å². The lowest BCUT2D eigenvalue weighted by atomic mass is 10.1. The number of hydrogen-bond acceptors (Lipinski definition) is 4. The van der Waals surface area contributed by atoms with Crippen molar-refractivity contribution in [1.29, 1.82) is 0 Å². The minimum atomic E-state index is -3.80. The lowest BCUT2D eigenvalue weighted by Gasteiger charge is -2.33. The number of sulfonamides is 2. The number of rotatable bonds is 4. The molecule has 1 aliphatic rings. The van der Waals surface area contributed by atoms with Crippen molar-refractivity contribution in [3.8, 4) is 0 Å². The molecule has 0 radical (unpaired) electrons. The Labute approximate surface area is 169 Å². The van der Waals surface area contributed by atoms with Crippen molar-refractivity contribution in [2.45, 2.75) is 9.79 Å². The average molecular weight is 435 g/mol. The predicted octanol–water partition coefficient (Wildman–Crippen LogP) is 2.67. The van der Waals surface area contributed by atoms with Crippen molar-refractivity contribution in [1.82, 2.24) is 8.61 Å². The molecule has 0 spiro atoms. The highest BCUT2D eigenvalue weighted by Crippen LogP contribution is 2.24. The molecule has 0 aromatic heterocycles. The van der Waals surface area contributed by atoms with E-state index in [2.05, 4.69) is 0 Å². The van der Waals surface area contributed by atoms with Crippen LogP contribution in [-0.2, 0) is 20.0 Å². The molecule has 9 heteroatoms. The Bertz CT molecular complexity index is 1250. The van der Waals surface area contributed by atoms with Gasteiger partial charge in [-0.1, -0.05) is 30.3 Å². The summed E-state index contributed by atoms with van der Waals surface area (Å²) >= 11 is 0. The number of nitrogens with zero attached hydrogens (tertiary/aromatic N) is 2. The largest absolute Gasteiger partial charge is 0.243 e. The molecule has 29 heavy (non-hydrogen) atoms. The third-order valence-electron chi connectivity index (χ3n) is 5.01. The molecule has 0 saturated carbocycles. The van der Waals surface area contributed by atoms with E-state index in [9.17, 15) is 21.2 Å². The number of halogens is 1. The summed E-state index contributed by atoms with van der Waals surface area (Å²) in [4.78, 5) is 0.177. The third-order valence-corrected chi connectivity index (χ3v) is 8.82. The highest BCUT2D eigenvalue weighted by Gasteiger charge is 2.33.